The Bertz CT molecular complexity index is 834. The van der Waals surface area contributed by atoms with Crippen LogP contribution in [0.1, 0.15) is 25.0 Å². The summed E-state index contributed by atoms with van der Waals surface area (Å²) in [4.78, 5) is 11.0. The fourth-order valence-electron chi connectivity index (χ4n) is 2.89. The first-order chi connectivity index (χ1) is 13.1. The summed E-state index contributed by atoms with van der Waals surface area (Å²) < 4.78 is 13.0. The first-order valence-corrected chi connectivity index (χ1v) is 9.23. The number of anilines is 2. The van der Waals surface area contributed by atoms with E-state index < -0.39 is 0 Å². The largest absolute Gasteiger partial charge is 0.370 e. The van der Waals surface area contributed by atoms with Gasteiger partial charge in [0.05, 0.1) is 0 Å². The topological polar surface area (TPSA) is 41.0 Å². The lowest BCUT2D eigenvalue weighted by atomic mass is 10.1. The van der Waals surface area contributed by atoms with Crippen molar-refractivity contribution in [3.63, 3.8) is 0 Å². The molecule has 2 aromatic carbocycles. The van der Waals surface area contributed by atoms with Crippen LogP contribution in [0.15, 0.2) is 67.0 Å². The number of aromatic nitrogens is 2. The SMILES string of the molecule is CC(C)N(Cc1ccccc1)c1cc(NCCc2ccc(F)cc2)ncn1. The summed E-state index contributed by atoms with van der Waals surface area (Å²) in [5.41, 5.74) is 2.33. The van der Waals surface area contributed by atoms with E-state index in [1.54, 1.807) is 6.33 Å². The first-order valence-electron chi connectivity index (χ1n) is 9.23. The average Bonchev–Trinajstić information content (AvgIpc) is 2.68. The molecular weight excluding hydrogens is 339 g/mol. The number of nitrogens with zero attached hydrogens (tertiary/aromatic N) is 3. The second-order valence-electron chi connectivity index (χ2n) is 6.77. The van der Waals surface area contributed by atoms with Crippen LogP contribution < -0.4 is 10.2 Å². The third-order valence-electron chi connectivity index (χ3n) is 4.40. The Hall–Kier alpha value is -2.95. The van der Waals surface area contributed by atoms with Crippen molar-refractivity contribution in [2.75, 3.05) is 16.8 Å². The lowest BCUT2D eigenvalue weighted by Crippen LogP contribution is -2.31. The Kier molecular flexibility index (Phi) is 6.36. The van der Waals surface area contributed by atoms with E-state index >= 15 is 0 Å². The molecule has 0 saturated heterocycles. The lowest BCUT2D eigenvalue weighted by molar-refractivity contribution is 0.627. The van der Waals surface area contributed by atoms with Crippen LogP contribution in [0.4, 0.5) is 16.0 Å². The first kappa shape index (κ1) is 18.8. The van der Waals surface area contributed by atoms with Gasteiger partial charge in [0.15, 0.2) is 0 Å². The van der Waals surface area contributed by atoms with E-state index in [0.717, 1.165) is 36.7 Å². The highest BCUT2D eigenvalue weighted by Crippen LogP contribution is 2.19. The molecule has 1 N–H and O–H groups in total. The molecule has 0 unspecified atom stereocenters. The summed E-state index contributed by atoms with van der Waals surface area (Å²) >= 11 is 0. The van der Waals surface area contributed by atoms with Gasteiger partial charge in [-0.25, -0.2) is 14.4 Å². The lowest BCUT2D eigenvalue weighted by Gasteiger charge is -2.28. The number of hydrogen-bond acceptors (Lipinski definition) is 4. The van der Waals surface area contributed by atoms with E-state index in [1.807, 2.05) is 24.3 Å². The van der Waals surface area contributed by atoms with Gasteiger partial charge in [-0.3, -0.25) is 0 Å². The highest BCUT2D eigenvalue weighted by atomic mass is 19.1. The van der Waals surface area contributed by atoms with Crippen molar-refractivity contribution in [3.8, 4) is 0 Å². The summed E-state index contributed by atoms with van der Waals surface area (Å²) in [6.07, 6.45) is 2.40. The zero-order valence-corrected chi connectivity index (χ0v) is 15.8. The normalized spacial score (nSPS) is 10.8. The predicted octanol–water partition coefficient (Wildman–Crippen LogP) is 4.69. The van der Waals surface area contributed by atoms with E-state index in [1.165, 1.54) is 17.7 Å². The molecule has 3 aromatic rings. The fourth-order valence-corrected chi connectivity index (χ4v) is 2.89. The van der Waals surface area contributed by atoms with Crippen molar-refractivity contribution >= 4 is 11.6 Å². The van der Waals surface area contributed by atoms with Gasteiger partial charge in [-0.2, -0.15) is 0 Å². The minimum absolute atomic E-state index is 0.209. The molecule has 5 heteroatoms. The van der Waals surface area contributed by atoms with Crippen molar-refractivity contribution in [1.82, 2.24) is 9.97 Å². The molecule has 3 rings (SSSR count). The molecule has 1 aromatic heterocycles. The van der Waals surface area contributed by atoms with Crippen molar-refractivity contribution in [3.05, 3.63) is 83.9 Å². The standard InChI is InChI=1S/C22H25FN4/c1-17(2)27(15-19-6-4-3-5-7-19)22-14-21(25-16-26-22)24-13-12-18-8-10-20(23)11-9-18/h3-11,14,16-17H,12-13,15H2,1-2H3,(H,24,25,26). The summed E-state index contributed by atoms with van der Waals surface area (Å²) in [6.45, 7) is 5.84. The van der Waals surface area contributed by atoms with Gasteiger partial charge in [0.25, 0.3) is 0 Å². The molecule has 0 radical (unpaired) electrons. The number of hydrogen-bond donors (Lipinski definition) is 1. The van der Waals surface area contributed by atoms with Crippen molar-refractivity contribution in [2.24, 2.45) is 0 Å². The zero-order chi connectivity index (χ0) is 19.1. The predicted molar refractivity (Wildman–Crippen MR) is 108 cm³/mol. The van der Waals surface area contributed by atoms with Gasteiger partial charge >= 0.3 is 0 Å². The van der Waals surface area contributed by atoms with E-state index in [9.17, 15) is 4.39 Å². The molecule has 0 amide bonds. The Morgan fingerprint density at radius 3 is 2.41 bits per heavy atom. The van der Waals surface area contributed by atoms with Crippen LogP contribution in [0.3, 0.4) is 0 Å². The number of halogens is 1. The maximum atomic E-state index is 13.0. The summed E-state index contributed by atoms with van der Waals surface area (Å²) in [5, 5.41) is 3.33. The molecule has 0 aliphatic rings. The summed E-state index contributed by atoms with van der Waals surface area (Å²) in [5.74, 6) is 1.48. The van der Waals surface area contributed by atoms with E-state index in [0.29, 0.717) is 6.04 Å². The van der Waals surface area contributed by atoms with Crippen molar-refractivity contribution in [2.45, 2.75) is 32.9 Å². The van der Waals surface area contributed by atoms with Gasteiger partial charge in [0.1, 0.15) is 23.8 Å². The Labute approximate surface area is 160 Å². The molecule has 0 fully saturated rings. The third kappa shape index (κ3) is 5.51. The molecule has 0 spiro atoms. The molecule has 27 heavy (non-hydrogen) atoms. The number of benzene rings is 2. The Balaban J connectivity index is 1.64. The maximum Gasteiger partial charge on any atom is 0.134 e. The molecule has 0 atom stereocenters. The summed E-state index contributed by atoms with van der Waals surface area (Å²) in [7, 11) is 0. The second-order valence-corrected chi connectivity index (χ2v) is 6.77. The molecule has 140 valence electrons. The van der Waals surface area contributed by atoms with Crippen LogP contribution in [0, 0.1) is 5.82 Å². The minimum Gasteiger partial charge on any atom is -0.370 e. The average molecular weight is 364 g/mol. The molecular formula is C22H25FN4. The fraction of sp³-hybridized carbons (Fsp3) is 0.273. The van der Waals surface area contributed by atoms with Gasteiger partial charge < -0.3 is 10.2 Å². The van der Waals surface area contributed by atoms with E-state index in [4.69, 9.17) is 0 Å². The number of rotatable bonds is 8. The van der Waals surface area contributed by atoms with Gasteiger partial charge in [-0.15, -0.1) is 0 Å². The smallest absolute Gasteiger partial charge is 0.134 e. The number of nitrogens with one attached hydrogen (secondary N) is 1. The summed E-state index contributed by atoms with van der Waals surface area (Å²) in [6, 6.07) is 19.3. The Morgan fingerprint density at radius 1 is 0.963 bits per heavy atom. The van der Waals surface area contributed by atoms with Gasteiger partial charge in [0, 0.05) is 25.2 Å². The van der Waals surface area contributed by atoms with E-state index in [2.05, 4.69) is 58.3 Å². The minimum atomic E-state index is -0.209. The quantitative estimate of drug-likeness (QED) is 0.630. The molecule has 0 saturated carbocycles. The third-order valence-corrected chi connectivity index (χ3v) is 4.40. The van der Waals surface area contributed by atoms with Crippen LogP contribution in [0.5, 0.6) is 0 Å². The van der Waals surface area contributed by atoms with Crippen LogP contribution >= 0.6 is 0 Å². The van der Waals surface area contributed by atoms with Crippen LogP contribution in [-0.4, -0.2) is 22.6 Å². The molecule has 0 bridgehead atoms. The highest BCUT2D eigenvalue weighted by molar-refractivity contribution is 5.49. The molecule has 4 nitrogen and oxygen atoms in total. The maximum absolute atomic E-state index is 13.0. The molecule has 0 aliphatic carbocycles. The van der Waals surface area contributed by atoms with Crippen LogP contribution in [-0.2, 0) is 13.0 Å². The molecule has 1 heterocycles. The Morgan fingerprint density at radius 2 is 1.70 bits per heavy atom. The van der Waals surface area contributed by atoms with Crippen molar-refractivity contribution in [1.29, 1.82) is 0 Å². The van der Waals surface area contributed by atoms with Crippen molar-refractivity contribution < 1.29 is 4.39 Å². The molecule has 0 aliphatic heterocycles. The van der Waals surface area contributed by atoms with Crippen LogP contribution in [0.2, 0.25) is 0 Å². The highest BCUT2D eigenvalue weighted by Gasteiger charge is 2.13. The van der Waals surface area contributed by atoms with Gasteiger partial charge in [-0.1, -0.05) is 42.5 Å². The van der Waals surface area contributed by atoms with Gasteiger partial charge in [0.2, 0.25) is 0 Å². The second kappa shape index (κ2) is 9.12. The monoisotopic (exact) mass is 364 g/mol. The zero-order valence-electron chi connectivity index (χ0n) is 15.8. The van der Waals surface area contributed by atoms with Gasteiger partial charge in [-0.05, 0) is 43.5 Å². The van der Waals surface area contributed by atoms with Crippen LogP contribution in [0.25, 0.3) is 0 Å². The van der Waals surface area contributed by atoms with E-state index in [-0.39, 0.29) is 5.82 Å².